The van der Waals surface area contributed by atoms with Crippen molar-refractivity contribution in [1.82, 2.24) is 0 Å². The first kappa shape index (κ1) is 21.4. The first-order chi connectivity index (χ1) is 14.0. The highest BCUT2D eigenvalue weighted by molar-refractivity contribution is 8.18. The zero-order valence-corrected chi connectivity index (χ0v) is 18.4. The Bertz CT molecular complexity index is 865. The molecule has 0 N–H and O–H groups in total. The van der Waals surface area contributed by atoms with Crippen LogP contribution in [0.15, 0.2) is 85.2 Å². The Balaban J connectivity index is 2.09. The zero-order chi connectivity index (χ0) is 20.9. The number of carbonyl (C=O) groups excluding carboxylic acids is 1. The number of para-hydroxylation sites is 2. The molecule has 0 bridgehead atoms. The average Bonchev–Trinajstić information content (AvgIpc) is 3.11. The number of hydrogen-bond acceptors (Lipinski definition) is 3. The molecule has 0 aliphatic carbocycles. The van der Waals surface area contributed by atoms with E-state index in [2.05, 4.69) is 46.8 Å². The van der Waals surface area contributed by atoms with Crippen LogP contribution in [0.4, 0.5) is 11.4 Å². The van der Waals surface area contributed by atoms with Crippen molar-refractivity contribution in [1.29, 1.82) is 0 Å². The molecule has 0 spiro atoms. The molecule has 0 radical (unpaired) electrons. The number of ether oxygens (including phenoxy) is 1. The van der Waals surface area contributed by atoms with E-state index in [1.54, 1.807) is 6.08 Å². The summed E-state index contributed by atoms with van der Waals surface area (Å²) >= 11 is 6.41. The van der Waals surface area contributed by atoms with Crippen LogP contribution in [0.25, 0.3) is 0 Å². The van der Waals surface area contributed by atoms with Gasteiger partial charge in [-0.15, -0.1) is 6.58 Å². The maximum Gasteiger partial charge on any atom is 0.313 e. The van der Waals surface area contributed by atoms with E-state index in [0.29, 0.717) is 13.0 Å². The minimum absolute atomic E-state index is 0.283. The van der Waals surface area contributed by atoms with Crippen LogP contribution in [-0.4, -0.2) is 25.7 Å². The number of carbonyl (C=O) groups is 1. The molecule has 2 aromatic carbocycles. The predicted octanol–water partition coefficient (Wildman–Crippen LogP) is 5.59. The monoisotopic (exact) mass is 426 g/mol. The lowest BCUT2D eigenvalue weighted by molar-refractivity contribution is -0.146. The zero-order valence-electron chi connectivity index (χ0n) is 16.7. The fourth-order valence-corrected chi connectivity index (χ4v) is 8.20. The quantitative estimate of drug-likeness (QED) is 0.312. The highest BCUT2D eigenvalue weighted by atomic mass is 32.4. The van der Waals surface area contributed by atoms with Crippen molar-refractivity contribution < 1.29 is 9.53 Å². The summed E-state index contributed by atoms with van der Waals surface area (Å²) in [5.41, 5.74) is 2.10. The van der Waals surface area contributed by atoms with Gasteiger partial charge in [0.1, 0.15) is 6.34 Å². The number of allylic oxidation sites excluding steroid dienone is 1. The molecule has 4 nitrogen and oxygen atoms in total. The SMILES string of the molecule is C=CCC(C(=C)P1(=S)N(c2ccccc2)CCN1c1ccccc1)C(=O)OCC. The molecule has 1 heterocycles. The van der Waals surface area contributed by atoms with Crippen LogP contribution in [0.2, 0.25) is 0 Å². The predicted molar refractivity (Wildman–Crippen MR) is 126 cm³/mol. The summed E-state index contributed by atoms with van der Waals surface area (Å²) in [6.07, 6.45) is -0.332. The molecule has 0 saturated carbocycles. The molecule has 1 aliphatic heterocycles. The van der Waals surface area contributed by atoms with Gasteiger partial charge in [0.15, 0.2) is 0 Å². The van der Waals surface area contributed by atoms with Crippen LogP contribution in [0.3, 0.4) is 0 Å². The van der Waals surface area contributed by atoms with Gasteiger partial charge in [-0.2, -0.15) is 0 Å². The van der Waals surface area contributed by atoms with Gasteiger partial charge in [0.05, 0.1) is 12.5 Å². The summed E-state index contributed by atoms with van der Waals surface area (Å²) in [5.74, 6) is -0.789. The third kappa shape index (κ3) is 4.17. The molecule has 2 aromatic rings. The third-order valence-electron chi connectivity index (χ3n) is 5.04. The second-order valence-electron chi connectivity index (χ2n) is 6.78. The number of hydrogen-bond donors (Lipinski definition) is 0. The number of anilines is 2. The highest BCUT2D eigenvalue weighted by Gasteiger charge is 2.45. The second-order valence-corrected chi connectivity index (χ2v) is 10.9. The van der Waals surface area contributed by atoms with Gasteiger partial charge in [-0.1, -0.05) is 49.1 Å². The molecule has 1 unspecified atom stereocenters. The maximum absolute atomic E-state index is 12.8. The summed E-state index contributed by atoms with van der Waals surface area (Å²) in [6.45, 7) is 11.9. The van der Waals surface area contributed by atoms with Gasteiger partial charge < -0.3 is 14.1 Å². The van der Waals surface area contributed by atoms with E-state index in [9.17, 15) is 4.79 Å². The van der Waals surface area contributed by atoms with E-state index in [4.69, 9.17) is 16.5 Å². The topological polar surface area (TPSA) is 32.8 Å². The van der Waals surface area contributed by atoms with Crippen LogP contribution < -0.4 is 9.34 Å². The lowest BCUT2D eigenvalue weighted by Crippen LogP contribution is -2.27. The normalized spacial score (nSPS) is 16.3. The van der Waals surface area contributed by atoms with E-state index in [1.165, 1.54) is 0 Å². The Morgan fingerprint density at radius 1 is 1.10 bits per heavy atom. The Labute approximate surface area is 178 Å². The third-order valence-corrected chi connectivity index (χ3v) is 10.2. The molecule has 1 fully saturated rings. The average molecular weight is 427 g/mol. The van der Waals surface area contributed by atoms with E-state index < -0.39 is 12.3 Å². The van der Waals surface area contributed by atoms with Gasteiger partial charge in [0.2, 0.25) is 0 Å². The molecular weight excluding hydrogens is 399 g/mol. The standard InChI is InChI=1S/C23H27N2O2PS/c1-4-12-22(23(26)27-5-2)19(3)28(29)24(20-13-8-6-9-14-20)17-18-25(28)21-15-10-7-11-16-21/h4,6-11,13-16,22H,1,3,5,12,17-18H2,2H3. The molecule has 3 rings (SSSR count). The Kier molecular flexibility index (Phi) is 6.94. The van der Waals surface area contributed by atoms with Crippen LogP contribution >= 0.6 is 6.34 Å². The van der Waals surface area contributed by atoms with Crippen molar-refractivity contribution in [2.75, 3.05) is 29.0 Å². The Morgan fingerprint density at radius 2 is 1.59 bits per heavy atom. The van der Waals surface area contributed by atoms with Gasteiger partial charge in [-0.3, -0.25) is 4.79 Å². The maximum atomic E-state index is 12.8. The van der Waals surface area contributed by atoms with Crippen molar-refractivity contribution >= 4 is 35.5 Å². The molecule has 0 aromatic heterocycles. The molecule has 6 heteroatoms. The molecule has 1 aliphatic rings. The first-order valence-electron chi connectivity index (χ1n) is 9.77. The van der Waals surface area contributed by atoms with Crippen LogP contribution in [0.5, 0.6) is 0 Å². The van der Waals surface area contributed by atoms with Crippen LogP contribution in [0.1, 0.15) is 13.3 Å². The number of nitrogens with zero attached hydrogens (tertiary/aromatic N) is 2. The molecule has 152 valence electrons. The van der Waals surface area contributed by atoms with Gasteiger partial charge in [0, 0.05) is 29.8 Å². The van der Waals surface area contributed by atoms with Crippen molar-refractivity contribution in [3.8, 4) is 0 Å². The van der Waals surface area contributed by atoms with Crippen molar-refractivity contribution in [2.24, 2.45) is 5.92 Å². The Hall–Kier alpha value is -2.36. The van der Waals surface area contributed by atoms with Gasteiger partial charge in [-0.05, 0) is 49.4 Å². The summed E-state index contributed by atoms with van der Waals surface area (Å²) in [6, 6.07) is 20.3. The number of rotatable bonds is 8. The van der Waals surface area contributed by atoms with Crippen LogP contribution in [-0.2, 0) is 21.3 Å². The fraction of sp³-hybridized carbons (Fsp3) is 0.261. The molecule has 1 saturated heterocycles. The second kappa shape index (κ2) is 9.43. The smallest absolute Gasteiger partial charge is 0.313 e. The fourth-order valence-electron chi connectivity index (χ4n) is 3.65. The van der Waals surface area contributed by atoms with E-state index in [0.717, 1.165) is 29.8 Å². The number of esters is 1. The molecule has 0 amide bonds. The van der Waals surface area contributed by atoms with Gasteiger partial charge in [0.25, 0.3) is 0 Å². The minimum atomic E-state index is -2.53. The van der Waals surface area contributed by atoms with Crippen LogP contribution in [0, 0.1) is 5.92 Å². The van der Waals surface area contributed by atoms with Crippen molar-refractivity contribution in [3.63, 3.8) is 0 Å². The van der Waals surface area contributed by atoms with Gasteiger partial charge >= 0.3 is 5.97 Å². The van der Waals surface area contributed by atoms with Crippen molar-refractivity contribution in [3.05, 3.63) is 85.2 Å². The lowest BCUT2D eigenvalue weighted by Gasteiger charge is -2.39. The lowest BCUT2D eigenvalue weighted by atomic mass is 10.1. The largest absolute Gasteiger partial charge is 0.466 e. The van der Waals surface area contributed by atoms with Gasteiger partial charge in [-0.25, -0.2) is 0 Å². The molecule has 29 heavy (non-hydrogen) atoms. The molecule has 1 atom stereocenters. The molecular formula is C23H27N2O2PS. The summed E-state index contributed by atoms with van der Waals surface area (Å²) in [7, 11) is 0. The Morgan fingerprint density at radius 3 is 2.00 bits per heavy atom. The number of benzene rings is 2. The van der Waals surface area contributed by atoms with Crippen molar-refractivity contribution in [2.45, 2.75) is 13.3 Å². The minimum Gasteiger partial charge on any atom is -0.466 e. The summed E-state index contributed by atoms with van der Waals surface area (Å²) in [4.78, 5) is 12.8. The van der Waals surface area contributed by atoms with E-state index in [-0.39, 0.29) is 5.97 Å². The first-order valence-corrected chi connectivity index (χ1v) is 12.5. The summed E-state index contributed by atoms with van der Waals surface area (Å²) in [5, 5.41) is 0.746. The summed E-state index contributed by atoms with van der Waals surface area (Å²) < 4.78 is 9.86. The highest BCUT2D eigenvalue weighted by Crippen LogP contribution is 2.67. The van der Waals surface area contributed by atoms with E-state index >= 15 is 0 Å². The van der Waals surface area contributed by atoms with E-state index in [1.807, 2.05) is 43.3 Å².